The zero-order valence-electron chi connectivity index (χ0n) is 14.6. The smallest absolute Gasteiger partial charge is 0.252 e. The topological polar surface area (TPSA) is 54.0 Å². The van der Waals surface area contributed by atoms with Crippen molar-refractivity contribution in [2.45, 2.75) is 44.4 Å². The van der Waals surface area contributed by atoms with E-state index in [4.69, 9.17) is 0 Å². The molecule has 1 amide bonds. The number of carbonyl (C=O) groups is 1. The van der Waals surface area contributed by atoms with Gasteiger partial charge in [0.2, 0.25) is 0 Å². The van der Waals surface area contributed by atoms with Gasteiger partial charge in [0.15, 0.2) is 0 Å². The molecule has 0 bridgehead atoms. The quantitative estimate of drug-likeness (QED) is 0.776. The van der Waals surface area contributed by atoms with E-state index >= 15 is 0 Å². The van der Waals surface area contributed by atoms with Gasteiger partial charge >= 0.3 is 0 Å². The summed E-state index contributed by atoms with van der Waals surface area (Å²) in [6, 6.07) is 10.1. The van der Waals surface area contributed by atoms with E-state index in [2.05, 4.69) is 36.4 Å². The number of nitrogens with zero attached hydrogens (tertiary/aromatic N) is 1. The molecular formula is C19H25N3OS. The molecule has 3 rings (SSSR count). The van der Waals surface area contributed by atoms with Gasteiger partial charge in [-0.05, 0) is 25.0 Å². The van der Waals surface area contributed by atoms with E-state index < -0.39 is 0 Å². The van der Waals surface area contributed by atoms with E-state index in [-0.39, 0.29) is 10.7 Å². The van der Waals surface area contributed by atoms with Crippen LogP contribution in [-0.2, 0) is 0 Å². The third-order valence-electron chi connectivity index (χ3n) is 3.82. The number of para-hydroxylation sites is 1. The number of hydrogen-bond donors (Lipinski definition) is 2. The second-order valence-electron chi connectivity index (χ2n) is 7.21. The van der Waals surface area contributed by atoms with Crippen LogP contribution in [0, 0.1) is 0 Å². The molecule has 1 aromatic heterocycles. The minimum Gasteiger partial charge on any atom is -0.369 e. The Morgan fingerprint density at radius 3 is 2.75 bits per heavy atom. The predicted molar refractivity (Wildman–Crippen MR) is 103 cm³/mol. The summed E-state index contributed by atoms with van der Waals surface area (Å²) < 4.78 is 0.258. The van der Waals surface area contributed by atoms with Crippen molar-refractivity contribution in [2.75, 3.05) is 17.6 Å². The molecule has 0 radical (unpaired) electrons. The van der Waals surface area contributed by atoms with Gasteiger partial charge in [-0.15, -0.1) is 0 Å². The van der Waals surface area contributed by atoms with E-state index in [1.54, 1.807) is 0 Å². The van der Waals surface area contributed by atoms with Crippen LogP contribution in [0.1, 0.15) is 44.0 Å². The molecule has 5 heteroatoms. The number of carbonyl (C=O) groups excluding carboxylic acids is 1. The van der Waals surface area contributed by atoms with Crippen LogP contribution in [0.15, 0.2) is 30.3 Å². The minimum absolute atomic E-state index is 0.00298. The summed E-state index contributed by atoms with van der Waals surface area (Å²) in [4.78, 5) is 17.2. The van der Waals surface area contributed by atoms with E-state index in [1.165, 1.54) is 0 Å². The van der Waals surface area contributed by atoms with E-state index in [0.29, 0.717) is 11.6 Å². The van der Waals surface area contributed by atoms with E-state index in [1.807, 2.05) is 42.1 Å². The normalized spacial score (nSPS) is 14.6. The molecule has 24 heavy (non-hydrogen) atoms. The van der Waals surface area contributed by atoms with Gasteiger partial charge in [-0.25, -0.2) is 4.98 Å². The van der Waals surface area contributed by atoms with Gasteiger partial charge in [-0.1, -0.05) is 39.0 Å². The molecular weight excluding hydrogens is 318 g/mol. The van der Waals surface area contributed by atoms with Crippen LogP contribution in [0.5, 0.6) is 0 Å². The zero-order chi connectivity index (χ0) is 17.2. The molecule has 0 saturated heterocycles. The Morgan fingerprint density at radius 2 is 2.04 bits per heavy atom. The van der Waals surface area contributed by atoms with Gasteiger partial charge < -0.3 is 10.6 Å². The number of amides is 1. The molecule has 0 spiro atoms. The SMILES string of the molecule is CC(C)(C)SCCNc1cc(C(=O)NC2CC2)c2ccccc2n1. The molecule has 1 aliphatic carbocycles. The maximum Gasteiger partial charge on any atom is 0.252 e. The highest BCUT2D eigenvalue weighted by atomic mass is 32.2. The van der Waals surface area contributed by atoms with Crippen molar-refractivity contribution in [1.82, 2.24) is 10.3 Å². The molecule has 2 N–H and O–H groups in total. The number of anilines is 1. The second kappa shape index (κ2) is 7.01. The lowest BCUT2D eigenvalue weighted by atomic mass is 10.1. The van der Waals surface area contributed by atoms with E-state index in [0.717, 1.165) is 41.9 Å². The first kappa shape index (κ1) is 17.1. The molecule has 1 fully saturated rings. The fourth-order valence-corrected chi connectivity index (χ4v) is 3.30. The van der Waals surface area contributed by atoms with Gasteiger partial charge in [0.05, 0.1) is 11.1 Å². The summed E-state index contributed by atoms with van der Waals surface area (Å²) in [5.41, 5.74) is 1.56. The van der Waals surface area contributed by atoms with Gasteiger partial charge in [0.1, 0.15) is 5.82 Å². The minimum atomic E-state index is 0.00298. The number of fused-ring (bicyclic) bond motifs is 1. The van der Waals surface area contributed by atoms with Crippen LogP contribution in [0.3, 0.4) is 0 Å². The van der Waals surface area contributed by atoms with Crippen LogP contribution in [0.2, 0.25) is 0 Å². The number of aromatic nitrogens is 1. The Morgan fingerprint density at radius 1 is 1.29 bits per heavy atom. The first-order valence-corrected chi connectivity index (χ1v) is 9.49. The lowest BCUT2D eigenvalue weighted by molar-refractivity contribution is 0.0952. The Balaban J connectivity index is 1.76. The Hall–Kier alpha value is -1.75. The number of nitrogens with one attached hydrogen (secondary N) is 2. The van der Waals surface area contributed by atoms with Crippen LogP contribution < -0.4 is 10.6 Å². The highest BCUT2D eigenvalue weighted by molar-refractivity contribution is 8.00. The summed E-state index contributed by atoms with van der Waals surface area (Å²) in [5, 5.41) is 7.35. The molecule has 4 nitrogen and oxygen atoms in total. The molecule has 128 valence electrons. The number of thioether (sulfide) groups is 1. The summed E-state index contributed by atoms with van der Waals surface area (Å²) in [6.45, 7) is 7.47. The Bertz CT molecular complexity index is 735. The average Bonchev–Trinajstić information content (AvgIpc) is 3.34. The zero-order valence-corrected chi connectivity index (χ0v) is 15.4. The van der Waals surface area contributed by atoms with Crippen molar-refractivity contribution in [1.29, 1.82) is 0 Å². The van der Waals surface area contributed by atoms with Crippen molar-refractivity contribution in [3.05, 3.63) is 35.9 Å². The van der Waals surface area contributed by atoms with Crippen molar-refractivity contribution >= 4 is 34.4 Å². The molecule has 0 unspecified atom stereocenters. The van der Waals surface area contributed by atoms with Gasteiger partial charge in [0.25, 0.3) is 5.91 Å². The highest BCUT2D eigenvalue weighted by Crippen LogP contribution is 2.25. The average molecular weight is 343 g/mol. The van der Waals surface area contributed by atoms with Gasteiger partial charge in [-0.3, -0.25) is 4.79 Å². The van der Waals surface area contributed by atoms with Crippen molar-refractivity contribution in [2.24, 2.45) is 0 Å². The largest absolute Gasteiger partial charge is 0.369 e. The Labute approximate surface area is 147 Å². The van der Waals surface area contributed by atoms with Crippen molar-refractivity contribution in [3.63, 3.8) is 0 Å². The molecule has 2 aromatic rings. The molecule has 1 aromatic carbocycles. The van der Waals surface area contributed by atoms with Gasteiger partial charge in [-0.2, -0.15) is 11.8 Å². The third-order valence-corrected chi connectivity index (χ3v) is 5.09. The third kappa shape index (κ3) is 4.63. The van der Waals surface area contributed by atoms with Crippen LogP contribution >= 0.6 is 11.8 Å². The monoisotopic (exact) mass is 343 g/mol. The highest BCUT2D eigenvalue weighted by Gasteiger charge is 2.25. The number of benzene rings is 1. The van der Waals surface area contributed by atoms with Gasteiger partial charge in [0, 0.05) is 28.5 Å². The first-order valence-electron chi connectivity index (χ1n) is 8.51. The predicted octanol–water partition coefficient (Wildman–Crippen LogP) is 4.07. The Kier molecular flexibility index (Phi) is 4.99. The van der Waals surface area contributed by atoms with Crippen LogP contribution in [-0.4, -0.2) is 34.0 Å². The van der Waals surface area contributed by atoms with E-state index in [9.17, 15) is 4.79 Å². The lowest BCUT2D eigenvalue weighted by Gasteiger charge is -2.18. The van der Waals surface area contributed by atoms with Crippen molar-refractivity contribution in [3.8, 4) is 0 Å². The molecule has 0 aliphatic heterocycles. The molecule has 1 saturated carbocycles. The summed E-state index contributed by atoms with van der Waals surface area (Å²) in [7, 11) is 0. The maximum atomic E-state index is 12.6. The first-order chi connectivity index (χ1) is 11.4. The number of rotatable bonds is 6. The second-order valence-corrected chi connectivity index (χ2v) is 9.13. The van der Waals surface area contributed by atoms with Crippen LogP contribution in [0.25, 0.3) is 10.9 Å². The fourth-order valence-electron chi connectivity index (χ4n) is 2.48. The summed E-state index contributed by atoms with van der Waals surface area (Å²) in [5.74, 6) is 1.77. The summed E-state index contributed by atoms with van der Waals surface area (Å²) >= 11 is 1.91. The van der Waals surface area contributed by atoms with Crippen molar-refractivity contribution < 1.29 is 4.79 Å². The molecule has 1 aliphatic rings. The summed E-state index contributed by atoms with van der Waals surface area (Å²) in [6.07, 6.45) is 2.17. The lowest BCUT2D eigenvalue weighted by Crippen LogP contribution is -2.26. The maximum absolute atomic E-state index is 12.6. The fraction of sp³-hybridized carbons (Fsp3) is 0.474. The number of pyridine rings is 1. The van der Waals surface area contributed by atoms with Crippen LogP contribution in [0.4, 0.5) is 5.82 Å². The molecule has 0 atom stereocenters. The molecule has 1 heterocycles. The number of hydrogen-bond acceptors (Lipinski definition) is 4. The standard InChI is InChI=1S/C19H25N3OS/c1-19(2,3)24-11-10-20-17-12-15(18(23)21-13-8-9-13)14-6-4-5-7-16(14)22-17/h4-7,12-13H,8-11H2,1-3H3,(H,20,22)(H,21,23).